The summed E-state index contributed by atoms with van der Waals surface area (Å²) in [5.41, 5.74) is 2.01. The second-order valence-electron chi connectivity index (χ2n) is 4.19. The molecule has 0 saturated carbocycles. The van der Waals surface area contributed by atoms with E-state index in [1.807, 2.05) is 13.0 Å². The van der Waals surface area contributed by atoms with Gasteiger partial charge in [-0.05, 0) is 65.2 Å². The summed E-state index contributed by atoms with van der Waals surface area (Å²) in [6, 6.07) is 6.61. The number of halogens is 1. The fourth-order valence-electron chi connectivity index (χ4n) is 1.60. The first kappa shape index (κ1) is 13.5. The molecule has 1 heterocycles. The van der Waals surface area contributed by atoms with E-state index in [9.17, 15) is 4.79 Å². The SMILES string of the molecule is Cc1cnc(Oc2ccc(C(=O)O)cc2C)c(Br)c1. The van der Waals surface area contributed by atoms with Crippen LogP contribution in [0.4, 0.5) is 0 Å². The lowest BCUT2D eigenvalue weighted by atomic mass is 10.1. The monoisotopic (exact) mass is 321 g/mol. The van der Waals surface area contributed by atoms with E-state index in [2.05, 4.69) is 20.9 Å². The van der Waals surface area contributed by atoms with E-state index in [1.165, 1.54) is 6.07 Å². The molecule has 0 atom stereocenters. The van der Waals surface area contributed by atoms with Gasteiger partial charge < -0.3 is 9.84 Å². The molecule has 0 bridgehead atoms. The van der Waals surface area contributed by atoms with E-state index in [4.69, 9.17) is 9.84 Å². The number of nitrogens with zero attached hydrogens (tertiary/aromatic N) is 1. The van der Waals surface area contributed by atoms with Crippen LogP contribution in [-0.4, -0.2) is 16.1 Å². The first-order valence-electron chi connectivity index (χ1n) is 5.61. The van der Waals surface area contributed by atoms with Crippen molar-refractivity contribution >= 4 is 21.9 Å². The maximum absolute atomic E-state index is 10.9. The molecule has 98 valence electrons. The molecule has 1 aromatic heterocycles. The largest absolute Gasteiger partial charge is 0.478 e. The summed E-state index contributed by atoms with van der Waals surface area (Å²) in [7, 11) is 0. The summed E-state index contributed by atoms with van der Waals surface area (Å²) in [6.07, 6.45) is 1.71. The first-order valence-corrected chi connectivity index (χ1v) is 6.40. The number of hydrogen-bond acceptors (Lipinski definition) is 3. The van der Waals surface area contributed by atoms with Gasteiger partial charge >= 0.3 is 5.97 Å². The molecule has 0 aliphatic rings. The van der Waals surface area contributed by atoms with Gasteiger partial charge in [0.05, 0.1) is 10.0 Å². The predicted molar refractivity (Wildman–Crippen MR) is 74.9 cm³/mol. The van der Waals surface area contributed by atoms with E-state index in [-0.39, 0.29) is 5.56 Å². The van der Waals surface area contributed by atoms with Crippen molar-refractivity contribution in [2.75, 3.05) is 0 Å². The number of carboxylic acid groups (broad SMARTS) is 1. The van der Waals surface area contributed by atoms with Crippen LogP contribution < -0.4 is 4.74 Å². The lowest BCUT2D eigenvalue weighted by Gasteiger charge is -2.10. The molecule has 1 N–H and O–H groups in total. The van der Waals surface area contributed by atoms with Gasteiger partial charge in [0.15, 0.2) is 0 Å². The number of hydrogen-bond donors (Lipinski definition) is 1. The third kappa shape index (κ3) is 3.12. The van der Waals surface area contributed by atoms with Crippen LogP contribution in [0.15, 0.2) is 34.9 Å². The Hall–Kier alpha value is -1.88. The van der Waals surface area contributed by atoms with Gasteiger partial charge in [-0.3, -0.25) is 0 Å². The van der Waals surface area contributed by atoms with Gasteiger partial charge in [0.25, 0.3) is 0 Å². The van der Waals surface area contributed by atoms with Crippen LogP contribution in [0.3, 0.4) is 0 Å². The minimum Gasteiger partial charge on any atom is -0.478 e. The molecular formula is C14H12BrNO3. The fourth-order valence-corrected chi connectivity index (χ4v) is 2.14. The van der Waals surface area contributed by atoms with Gasteiger partial charge in [-0.1, -0.05) is 0 Å². The van der Waals surface area contributed by atoms with Gasteiger partial charge in [0, 0.05) is 6.20 Å². The molecule has 0 amide bonds. The minimum absolute atomic E-state index is 0.237. The number of aromatic carboxylic acids is 1. The zero-order valence-electron chi connectivity index (χ0n) is 10.5. The second kappa shape index (κ2) is 5.40. The Bertz CT molecular complexity index is 641. The van der Waals surface area contributed by atoms with E-state index >= 15 is 0 Å². The van der Waals surface area contributed by atoms with E-state index in [0.717, 1.165) is 15.6 Å². The summed E-state index contributed by atoms with van der Waals surface area (Å²) in [4.78, 5) is 15.0. The van der Waals surface area contributed by atoms with Crippen LogP contribution in [-0.2, 0) is 0 Å². The number of carboxylic acids is 1. The minimum atomic E-state index is -0.954. The highest BCUT2D eigenvalue weighted by Crippen LogP contribution is 2.30. The Balaban J connectivity index is 2.31. The molecule has 0 aliphatic heterocycles. The summed E-state index contributed by atoms with van der Waals surface area (Å²) in [6.45, 7) is 3.73. The van der Waals surface area contributed by atoms with Crippen LogP contribution in [0, 0.1) is 13.8 Å². The number of ether oxygens (including phenoxy) is 1. The Kier molecular flexibility index (Phi) is 3.85. The molecule has 0 spiro atoms. The fraction of sp³-hybridized carbons (Fsp3) is 0.143. The molecular weight excluding hydrogens is 310 g/mol. The van der Waals surface area contributed by atoms with Crippen molar-refractivity contribution in [3.63, 3.8) is 0 Å². The molecule has 0 aliphatic carbocycles. The van der Waals surface area contributed by atoms with Crippen molar-refractivity contribution in [2.24, 2.45) is 0 Å². The highest BCUT2D eigenvalue weighted by molar-refractivity contribution is 9.10. The molecule has 2 aromatic rings. The Morgan fingerprint density at radius 3 is 2.63 bits per heavy atom. The lowest BCUT2D eigenvalue weighted by Crippen LogP contribution is -1.98. The average Bonchev–Trinajstić information content (AvgIpc) is 2.34. The number of carbonyl (C=O) groups is 1. The van der Waals surface area contributed by atoms with Crippen LogP contribution in [0.5, 0.6) is 11.6 Å². The Labute approximate surface area is 119 Å². The summed E-state index contributed by atoms with van der Waals surface area (Å²) in [5.74, 6) is 0.0862. The Morgan fingerprint density at radius 2 is 2.05 bits per heavy atom. The van der Waals surface area contributed by atoms with Crippen LogP contribution >= 0.6 is 15.9 Å². The van der Waals surface area contributed by atoms with Crippen molar-refractivity contribution in [1.82, 2.24) is 4.98 Å². The van der Waals surface area contributed by atoms with Crippen molar-refractivity contribution in [1.29, 1.82) is 0 Å². The second-order valence-corrected chi connectivity index (χ2v) is 5.04. The third-order valence-corrected chi connectivity index (χ3v) is 3.14. The zero-order valence-corrected chi connectivity index (χ0v) is 12.1. The number of aromatic nitrogens is 1. The number of pyridine rings is 1. The highest BCUT2D eigenvalue weighted by atomic mass is 79.9. The number of benzene rings is 1. The normalized spacial score (nSPS) is 10.3. The van der Waals surface area contributed by atoms with Crippen LogP contribution in [0.2, 0.25) is 0 Å². The summed E-state index contributed by atoms with van der Waals surface area (Å²) < 4.78 is 6.44. The molecule has 0 unspecified atom stereocenters. The number of rotatable bonds is 3. The smallest absolute Gasteiger partial charge is 0.335 e. The standard InChI is InChI=1S/C14H12BrNO3/c1-8-5-11(15)13(16-7-8)19-12-4-3-10(14(17)18)6-9(12)2/h3-7H,1-2H3,(H,17,18). The van der Waals surface area contributed by atoms with Crippen molar-refractivity contribution < 1.29 is 14.6 Å². The van der Waals surface area contributed by atoms with Crippen LogP contribution in [0.1, 0.15) is 21.5 Å². The van der Waals surface area contributed by atoms with E-state index in [0.29, 0.717) is 11.6 Å². The lowest BCUT2D eigenvalue weighted by molar-refractivity contribution is 0.0697. The Morgan fingerprint density at radius 1 is 1.32 bits per heavy atom. The van der Waals surface area contributed by atoms with Gasteiger partial charge in [-0.2, -0.15) is 0 Å². The van der Waals surface area contributed by atoms with Gasteiger partial charge in [-0.15, -0.1) is 0 Å². The molecule has 0 saturated heterocycles. The average molecular weight is 322 g/mol. The van der Waals surface area contributed by atoms with Gasteiger partial charge in [0.1, 0.15) is 5.75 Å². The van der Waals surface area contributed by atoms with Crippen LogP contribution in [0.25, 0.3) is 0 Å². The molecule has 4 nitrogen and oxygen atoms in total. The first-order chi connectivity index (χ1) is 8.97. The molecule has 5 heteroatoms. The zero-order chi connectivity index (χ0) is 14.0. The summed E-state index contributed by atoms with van der Waals surface area (Å²) in [5, 5.41) is 8.90. The maximum Gasteiger partial charge on any atom is 0.335 e. The van der Waals surface area contributed by atoms with Crippen molar-refractivity contribution in [2.45, 2.75) is 13.8 Å². The van der Waals surface area contributed by atoms with Crippen molar-refractivity contribution in [3.8, 4) is 11.6 Å². The molecule has 0 radical (unpaired) electrons. The molecule has 0 fully saturated rings. The van der Waals surface area contributed by atoms with E-state index < -0.39 is 5.97 Å². The van der Waals surface area contributed by atoms with Crippen molar-refractivity contribution in [3.05, 3.63) is 51.6 Å². The quantitative estimate of drug-likeness (QED) is 0.929. The topological polar surface area (TPSA) is 59.4 Å². The molecule has 1 aromatic carbocycles. The predicted octanol–water partition coefficient (Wildman–Crippen LogP) is 3.95. The maximum atomic E-state index is 10.9. The van der Waals surface area contributed by atoms with Gasteiger partial charge in [-0.25, -0.2) is 9.78 Å². The van der Waals surface area contributed by atoms with E-state index in [1.54, 1.807) is 25.3 Å². The molecule has 19 heavy (non-hydrogen) atoms. The van der Waals surface area contributed by atoms with Gasteiger partial charge in [0.2, 0.25) is 5.88 Å². The number of aryl methyl sites for hydroxylation is 2. The molecule has 2 rings (SSSR count). The highest BCUT2D eigenvalue weighted by Gasteiger charge is 2.09. The summed E-state index contributed by atoms with van der Waals surface area (Å²) >= 11 is 3.39. The third-order valence-electron chi connectivity index (χ3n) is 2.57.